The zero-order chi connectivity index (χ0) is 38.2. The number of phenolic OH excluding ortho intramolecular Hbond substituents is 2. The fraction of sp³-hybridized carbons (Fsp3) is 0.0800. The van der Waals surface area contributed by atoms with Crippen molar-refractivity contribution >= 4 is 43.1 Å². The molecule has 0 saturated carbocycles. The minimum absolute atomic E-state index is 0.148. The van der Waals surface area contributed by atoms with Gasteiger partial charge in [-0.05, 0) is 79.5 Å². The molecule has 0 bridgehead atoms. The molecule has 0 spiro atoms. The van der Waals surface area contributed by atoms with Gasteiger partial charge in [0, 0.05) is 33.4 Å². The van der Waals surface area contributed by atoms with Gasteiger partial charge >= 0.3 is 0 Å². The van der Waals surface area contributed by atoms with E-state index in [9.17, 15) is 10.2 Å². The van der Waals surface area contributed by atoms with Crippen LogP contribution in [0.25, 0.3) is 65.3 Å². The van der Waals surface area contributed by atoms with Crippen LogP contribution < -0.4 is 18.9 Å². The molecule has 0 aliphatic carbocycles. The van der Waals surface area contributed by atoms with E-state index in [0.29, 0.717) is 34.1 Å². The van der Waals surface area contributed by atoms with E-state index in [1.807, 2.05) is 121 Å². The van der Waals surface area contributed by atoms with Crippen LogP contribution in [0.2, 0.25) is 0 Å². The molecule has 9 rings (SSSR count). The quantitative estimate of drug-likeness (QED) is 0.146. The third kappa shape index (κ3) is 6.11. The molecule has 6 nitrogen and oxygen atoms in total. The number of methoxy groups -OCH3 is 2. The maximum Gasteiger partial charge on any atom is 0.132 e. The lowest BCUT2D eigenvalue weighted by Crippen LogP contribution is -2.06. The van der Waals surface area contributed by atoms with Crippen LogP contribution in [-0.4, -0.2) is 24.4 Å². The summed E-state index contributed by atoms with van der Waals surface area (Å²) in [5.74, 6) is 2.82. The van der Waals surface area contributed by atoms with Crippen LogP contribution in [0.4, 0.5) is 0 Å². The fourth-order valence-corrected chi connectivity index (χ4v) is 7.93. The van der Waals surface area contributed by atoms with Gasteiger partial charge in [-0.3, -0.25) is 0 Å². The first-order valence-electron chi connectivity index (χ1n) is 18.5. The van der Waals surface area contributed by atoms with Gasteiger partial charge in [-0.15, -0.1) is 0 Å². The average Bonchev–Trinajstić information content (AvgIpc) is 3.24. The smallest absolute Gasteiger partial charge is 0.132 e. The van der Waals surface area contributed by atoms with Crippen molar-refractivity contribution in [2.24, 2.45) is 0 Å². The van der Waals surface area contributed by atoms with E-state index in [1.54, 1.807) is 26.4 Å². The number of benzene rings is 9. The summed E-state index contributed by atoms with van der Waals surface area (Å²) in [7, 11) is 3.27. The highest BCUT2D eigenvalue weighted by molar-refractivity contribution is 6.11. The summed E-state index contributed by atoms with van der Waals surface area (Å²) in [5, 5.41) is 30.6. The second kappa shape index (κ2) is 14.6. The van der Waals surface area contributed by atoms with Gasteiger partial charge in [0.15, 0.2) is 0 Å². The van der Waals surface area contributed by atoms with Crippen LogP contribution in [0.1, 0.15) is 11.1 Å². The van der Waals surface area contributed by atoms with Crippen LogP contribution >= 0.6 is 0 Å². The standard InChI is InChI=1S/C50H38O6/c1-53-37-27-35(29-55-44-25-21-33-13-5-9-17-40(33)48(44)46-38-15-7-3-11-31(38)19-23-42(46)51)50(54-2)36(28-37)30-56-45-26-22-34-14-6-10-18-41(34)49(45)47-39-16-8-4-12-32(39)20-24-43(47)52/h3-28,51-52H,29-30H2,1-2H3. The molecule has 2 N–H and O–H groups in total. The highest BCUT2D eigenvalue weighted by atomic mass is 16.5. The summed E-state index contributed by atoms with van der Waals surface area (Å²) < 4.78 is 25.3. The van der Waals surface area contributed by atoms with Gasteiger partial charge in [0.1, 0.15) is 47.7 Å². The lowest BCUT2D eigenvalue weighted by atomic mass is 9.92. The van der Waals surface area contributed by atoms with Crippen molar-refractivity contribution in [2.45, 2.75) is 13.2 Å². The van der Waals surface area contributed by atoms with Crippen molar-refractivity contribution in [3.8, 4) is 56.8 Å². The minimum atomic E-state index is 0.148. The van der Waals surface area contributed by atoms with Gasteiger partial charge < -0.3 is 29.2 Å². The predicted molar refractivity (Wildman–Crippen MR) is 225 cm³/mol. The third-order valence-corrected chi connectivity index (χ3v) is 10.5. The largest absolute Gasteiger partial charge is 0.507 e. The maximum atomic E-state index is 11.4. The maximum absolute atomic E-state index is 11.4. The Hall–Kier alpha value is -7.18. The summed E-state index contributed by atoms with van der Waals surface area (Å²) in [4.78, 5) is 0. The first kappa shape index (κ1) is 34.6. The molecular weight excluding hydrogens is 697 g/mol. The first-order valence-corrected chi connectivity index (χ1v) is 18.5. The topological polar surface area (TPSA) is 77.4 Å². The van der Waals surface area contributed by atoms with Crippen molar-refractivity contribution in [3.05, 3.63) is 169 Å². The molecule has 0 heterocycles. The van der Waals surface area contributed by atoms with Crippen molar-refractivity contribution in [2.75, 3.05) is 14.2 Å². The molecule has 0 atom stereocenters. The van der Waals surface area contributed by atoms with Crippen LogP contribution in [0, 0.1) is 0 Å². The van der Waals surface area contributed by atoms with Crippen LogP contribution in [0.15, 0.2) is 158 Å². The number of rotatable bonds is 10. The van der Waals surface area contributed by atoms with Gasteiger partial charge in [-0.2, -0.15) is 0 Å². The number of ether oxygens (including phenoxy) is 4. The number of aromatic hydroxyl groups is 2. The summed E-state index contributed by atoms with van der Waals surface area (Å²) in [6.45, 7) is 0.296. The van der Waals surface area contributed by atoms with Crippen molar-refractivity contribution in [1.29, 1.82) is 0 Å². The van der Waals surface area contributed by atoms with E-state index in [2.05, 4.69) is 24.3 Å². The lowest BCUT2D eigenvalue weighted by Gasteiger charge is -2.21. The summed E-state index contributed by atoms with van der Waals surface area (Å²) >= 11 is 0. The molecule has 0 aromatic heterocycles. The number of phenols is 2. The lowest BCUT2D eigenvalue weighted by molar-refractivity contribution is 0.282. The molecule has 9 aromatic rings. The molecular formula is C50H38O6. The zero-order valence-corrected chi connectivity index (χ0v) is 31.0. The van der Waals surface area contributed by atoms with Gasteiger partial charge in [0.2, 0.25) is 0 Å². The molecule has 274 valence electrons. The Balaban J connectivity index is 1.11. The van der Waals surface area contributed by atoms with E-state index in [0.717, 1.165) is 65.3 Å². The number of fused-ring (bicyclic) bond motifs is 4. The Bertz CT molecular complexity index is 2740. The van der Waals surface area contributed by atoms with E-state index >= 15 is 0 Å². The third-order valence-electron chi connectivity index (χ3n) is 10.5. The van der Waals surface area contributed by atoms with Gasteiger partial charge in [0.05, 0.1) is 14.2 Å². The van der Waals surface area contributed by atoms with Crippen molar-refractivity contribution in [1.82, 2.24) is 0 Å². The molecule has 0 radical (unpaired) electrons. The summed E-state index contributed by atoms with van der Waals surface area (Å²) in [6, 6.07) is 51.5. The molecule has 0 saturated heterocycles. The van der Waals surface area contributed by atoms with Crippen LogP contribution in [0.3, 0.4) is 0 Å². The molecule has 6 heteroatoms. The first-order chi connectivity index (χ1) is 27.5. The summed E-state index contributed by atoms with van der Waals surface area (Å²) in [5.41, 5.74) is 4.57. The van der Waals surface area contributed by atoms with Crippen LogP contribution in [0.5, 0.6) is 34.5 Å². The van der Waals surface area contributed by atoms with Gasteiger partial charge in [-0.1, -0.05) is 121 Å². The average molecular weight is 735 g/mol. The second-order valence-corrected chi connectivity index (χ2v) is 13.7. The fourth-order valence-electron chi connectivity index (χ4n) is 7.93. The Morgan fingerprint density at radius 1 is 0.393 bits per heavy atom. The van der Waals surface area contributed by atoms with E-state index < -0.39 is 0 Å². The Kier molecular flexibility index (Phi) is 9.00. The molecule has 9 aromatic carbocycles. The Labute approximate surface area is 324 Å². The van der Waals surface area contributed by atoms with Gasteiger partial charge in [0.25, 0.3) is 0 Å². The molecule has 0 fully saturated rings. The van der Waals surface area contributed by atoms with Gasteiger partial charge in [-0.25, -0.2) is 0 Å². The Morgan fingerprint density at radius 2 is 0.750 bits per heavy atom. The van der Waals surface area contributed by atoms with Crippen molar-refractivity contribution < 1.29 is 29.2 Å². The minimum Gasteiger partial charge on any atom is -0.507 e. The molecule has 56 heavy (non-hydrogen) atoms. The molecule has 0 aliphatic rings. The normalized spacial score (nSPS) is 11.3. The molecule has 0 unspecified atom stereocenters. The number of hydrogen-bond donors (Lipinski definition) is 2. The Morgan fingerprint density at radius 3 is 1.12 bits per heavy atom. The van der Waals surface area contributed by atoms with E-state index in [1.165, 1.54) is 0 Å². The second-order valence-electron chi connectivity index (χ2n) is 13.7. The van der Waals surface area contributed by atoms with E-state index in [4.69, 9.17) is 18.9 Å². The van der Waals surface area contributed by atoms with Crippen LogP contribution in [-0.2, 0) is 13.2 Å². The summed E-state index contributed by atoms with van der Waals surface area (Å²) in [6.07, 6.45) is 0. The SMILES string of the molecule is COc1cc(COc2ccc3ccccc3c2-c2c(O)ccc3ccccc23)c(OC)c(COc2ccc3ccccc3c2-c2c(O)ccc3ccccc23)c1. The highest BCUT2D eigenvalue weighted by Gasteiger charge is 2.22. The van der Waals surface area contributed by atoms with E-state index in [-0.39, 0.29) is 24.7 Å². The number of hydrogen-bond acceptors (Lipinski definition) is 6. The monoisotopic (exact) mass is 734 g/mol. The van der Waals surface area contributed by atoms with Crippen molar-refractivity contribution in [3.63, 3.8) is 0 Å². The predicted octanol–water partition coefficient (Wildman–Crippen LogP) is 12.2. The molecule has 0 aliphatic heterocycles. The zero-order valence-electron chi connectivity index (χ0n) is 31.0. The highest BCUT2D eigenvalue weighted by Crippen LogP contribution is 2.47. The molecule has 0 amide bonds.